The second-order valence-corrected chi connectivity index (χ2v) is 9.58. The molecule has 0 spiro atoms. The van der Waals surface area contributed by atoms with E-state index < -0.39 is 17.2 Å². The Morgan fingerprint density at radius 3 is 2.25 bits per heavy atom. The zero-order chi connectivity index (χ0) is 24.5. The number of aromatic nitrogens is 5. The molecular weight excluding hydrogens is 564 g/mol. The third-order valence-electron chi connectivity index (χ3n) is 5.26. The van der Waals surface area contributed by atoms with Gasteiger partial charge >= 0.3 is 5.69 Å². The van der Waals surface area contributed by atoms with Crippen LogP contribution in [-0.2, 0) is 0 Å². The van der Waals surface area contributed by atoms with Gasteiger partial charge in [-0.25, -0.2) is 9.78 Å². The molecule has 1 atom stereocenters. The Kier molecular flexibility index (Phi) is 7.92. The summed E-state index contributed by atoms with van der Waals surface area (Å²) in [5.41, 5.74) is 2.21. The van der Waals surface area contributed by atoms with Crippen molar-refractivity contribution in [2.24, 2.45) is 0 Å². The van der Waals surface area contributed by atoms with Crippen LogP contribution in [-0.4, -0.2) is 24.7 Å². The fourth-order valence-electron chi connectivity index (χ4n) is 3.69. The molecule has 0 aliphatic carbocycles. The first-order valence-electron chi connectivity index (χ1n) is 10.2. The number of nitrogens with zero attached hydrogens (tertiary/aromatic N) is 4. The molecule has 0 saturated heterocycles. The van der Waals surface area contributed by atoms with Gasteiger partial charge in [-0.3, -0.25) is 14.8 Å². The Balaban J connectivity index is 0.00000304. The third-order valence-corrected chi connectivity index (χ3v) is 7.05. The predicted molar refractivity (Wildman–Crippen MR) is 145 cm³/mol. The van der Waals surface area contributed by atoms with E-state index in [9.17, 15) is 9.59 Å². The summed E-state index contributed by atoms with van der Waals surface area (Å²) >= 11 is 21.2. The molecule has 1 unspecified atom stereocenters. The second-order valence-electron chi connectivity index (χ2n) is 7.47. The molecule has 7 nitrogen and oxygen atoms in total. The van der Waals surface area contributed by atoms with Crippen LogP contribution in [0.15, 0.2) is 82.1 Å². The van der Waals surface area contributed by atoms with Gasteiger partial charge < -0.3 is 0 Å². The zero-order valence-electron chi connectivity index (χ0n) is 18.1. The highest BCUT2D eigenvalue weighted by atomic mass is 35.5. The van der Waals surface area contributed by atoms with E-state index in [1.165, 1.54) is 11.3 Å². The van der Waals surface area contributed by atoms with Gasteiger partial charge in [-0.05, 0) is 42.0 Å². The van der Waals surface area contributed by atoms with Crippen LogP contribution < -0.4 is 11.2 Å². The van der Waals surface area contributed by atoms with E-state index in [1.807, 2.05) is 29.6 Å². The average Bonchev–Trinajstić information content (AvgIpc) is 3.32. The number of aromatic amines is 1. The topological polar surface area (TPSA) is 93.5 Å². The molecule has 12 heteroatoms. The quantitative estimate of drug-likeness (QED) is 0.276. The van der Waals surface area contributed by atoms with Gasteiger partial charge in [0.05, 0.1) is 17.3 Å². The third kappa shape index (κ3) is 5.23. The minimum absolute atomic E-state index is 0. The Morgan fingerprint density at radius 2 is 1.61 bits per heavy atom. The van der Waals surface area contributed by atoms with Gasteiger partial charge in [0, 0.05) is 44.0 Å². The largest absolute Gasteiger partial charge is 0.349 e. The summed E-state index contributed by atoms with van der Waals surface area (Å²) in [6, 6.07) is 14.3. The standard InChI is InChI=1S/C24H14Cl3N5O2S.ClH/c25-15-3-1-13(2-4-15)21(19-12-35-23(30-19)14-5-7-28-8-6-14)22-17(26)9-16(10-18(22)27)32-24(34)31-20(33)11-29-32;/h1-12,21H,(H,31,33,34);1H. The van der Waals surface area contributed by atoms with Crippen molar-refractivity contribution in [1.29, 1.82) is 0 Å². The fourth-order valence-corrected chi connectivity index (χ4v) is 5.36. The lowest BCUT2D eigenvalue weighted by Gasteiger charge is -2.20. The highest BCUT2D eigenvalue weighted by Crippen LogP contribution is 2.42. The Morgan fingerprint density at radius 1 is 0.944 bits per heavy atom. The number of hydrogen-bond acceptors (Lipinski definition) is 6. The molecule has 3 heterocycles. The van der Waals surface area contributed by atoms with Crippen molar-refractivity contribution >= 4 is 58.5 Å². The Labute approximate surface area is 229 Å². The van der Waals surface area contributed by atoms with E-state index in [2.05, 4.69) is 15.1 Å². The van der Waals surface area contributed by atoms with Gasteiger partial charge in [-0.1, -0.05) is 46.9 Å². The maximum Gasteiger partial charge on any atom is 0.349 e. The van der Waals surface area contributed by atoms with Gasteiger partial charge in [0.2, 0.25) is 0 Å². The maximum absolute atomic E-state index is 12.2. The SMILES string of the molecule is Cl.O=c1cnn(-c2cc(Cl)c(C(c3ccc(Cl)cc3)c3csc(-c4ccncc4)n3)c(Cl)c2)c(=O)[nH]1. The molecule has 5 rings (SSSR count). The first-order valence-corrected chi connectivity index (χ1v) is 12.2. The van der Waals surface area contributed by atoms with Crippen molar-refractivity contribution in [2.45, 2.75) is 5.92 Å². The smallest absolute Gasteiger partial charge is 0.271 e. The summed E-state index contributed by atoms with van der Waals surface area (Å²) in [4.78, 5) is 34.7. The number of benzene rings is 2. The summed E-state index contributed by atoms with van der Waals surface area (Å²) in [6.45, 7) is 0. The minimum atomic E-state index is -0.701. The monoisotopic (exact) mass is 577 g/mol. The maximum atomic E-state index is 12.2. The second kappa shape index (κ2) is 10.9. The molecule has 3 aromatic heterocycles. The molecular formula is C24H15Cl4N5O2S. The molecule has 0 saturated carbocycles. The van der Waals surface area contributed by atoms with Crippen LogP contribution >= 0.6 is 58.5 Å². The van der Waals surface area contributed by atoms with E-state index in [0.29, 0.717) is 26.3 Å². The van der Waals surface area contributed by atoms with Crippen molar-refractivity contribution in [3.05, 3.63) is 125 Å². The number of thiazole rings is 1. The van der Waals surface area contributed by atoms with Crippen molar-refractivity contribution in [1.82, 2.24) is 24.7 Å². The Hall–Kier alpha value is -3.01. The highest BCUT2D eigenvalue weighted by molar-refractivity contribution is 7.13. The van der Waals surface area contributed by atoms with Gasteiger partial charge in [-0.15, -0.1) is 23.7 Å². The normalized spacial score (nSPS) is 11.6. The summed E-state index contributed by atoms with van der Waals surface area (Å²) in [6.07, 6.45) is 4.43. The number of pyridine rings is 1. The molecule has 2 aromatic carbocycles. The number of H-pyrrole nitrogens is 1. The van der Waals surface area contributed by atoms with Crippen LogP contribution in [0.4, 0.5) is 0 Å². The van der Waals surface area contributed by atoms with E-state index in [4.69, 9.17) is 39.8 Å². The van der Waals surface area contributed by atoms with Crippen LogP contribution in [0.25, 0.3) is 16.3 Å². The summed E-state index contributed by atoms with van der Waals surface area (Å²) < 4.78 is 1.02. The first kappa shape index (κ1) is 26.1. The average molecular weight is 579 g/mol. The van der Waals surface area contributed by atoms with Gasteiger partial charge in [0.1, 0.15) is 11.2 Å². The van der Waals surface area contributed by atoms with Crippen LogP contribution in [0, 0.1) is 0 Å². The summed E-state index contributed by atoms with van der Waals surface area (Å²) in [7, 11) is 0. The van der Waals surface area contributed by atoms with Crippen LogP contribution in [0.5, 0.6) is 0 Å². The van der Waals surface area contributed by atoms with Gasteiger partial charge in [0.25, 0.3) is 5.56 Å². The number of rotatable bonds is 5. The first-order chi connectivity index (χ1) is 16.9. The summed E-state index contributed by atoms with van der Waals surface area (Å²) in [5, 5.41) is 7.89. The van der Waals surface area contributed by atoms with Crippen LogP contribution in [0.3, 0.4) is 0 Å². The van der Waals surface area contributed by atoms with Gasteiger partial charge in [0.15, 0.2) is 0 Å². The fraction of sp³-hybridized carbons (Fsp3) is 0.0417. The molecule has 0 radical (unpaired) electrons. The molecule has 1 N–H and O–H groups in total. The number of halogens is 4. The van der Waals surface area contributed by atoms with E-state index in [0.717, 1.165) is 32.7 Å². The molecule has 36 heavy (non-hydrogen) atoms. The van der Waals surface area contributed by atoms with E-state index >= 15 is 0 Å². The molecule has 182 valence electrons. The van der Waals surface area contributed by atoms with Crippen LogP contribution in [0.1, 0.15) is 22.7 Å². The highest BCUT2D eigenvalue weighted by Gasteiger charge is 2.26. The van der Waals surface area contributed by atoms with Crippen molar-refractivity contribution in [3.63, 3.8) is 0 Å². The molecule has 0 amide bonds. The van der Waals surface area contributed by atoms with E-state index in [1.54, 1.807) is 36.7 Å². The molecule has 0 bridgehead atoms. The number of hydrogen-bond donors (Lipinski definition) is 1. The van der Waals surface area contributed by atoms with Gasteiger partial charge in [-0.2, -0.15) is 9.78 Å². The lowest BCUT2D eigenvalue weighted by molar-refractivity contribution is 0.749. The molecule has 0 aliphatic rings. The van der Waals surface area contributed by atoms with Crippen LogP contribution in [0.2, 0.25) is 15.1 Å². The number of nitrogens with one attached hydrogen (secondary N) is 1. The van der Waals surface area contributed by atoms with Crippen molar-refractivity contribution < 1.29 is 0 Å². The molecule has 5 aromatic rings. The van der Waals surface area contributed by atoms with Crippen molar-refractivity contribution in [2.75, 3.05) is 0 Å². The molecule has 0 aliphatic heterocycles. The minimum Gasteiger partial charge on any atom is -0.271 e. The lowest BCUT2D eigenvalue weighted by atomic mass is 9.88. The van der Waals surface area contributed by atoms with Crippen molar-refractivity contribution in [3.8, 4) is 16.3 Å². The van der Waals surface area contributed by atoms with E-state index in [-0.39, 0.29) is 12.4 Å². The predicted octanol–water partition coefficient (Wildman–Crippen LogP) is 6.00. The zero-order valence-corrected chi connectivity index (χ0v) is 22.0. The molecule has 0 fully saturated rings. The lowest BCUT2D eigenvalue weighted by Crippen LogP contribution is -2.30. The Bertz CT molecular complexity index is 1610. The summed E-state index contributed by atoms with van der Waals surface area (Å²) in [5.74, 6) is -0.409.